The van der Waals surface area contributed by atoms with E-state index < -0.39 is 15.7 Å². The summed E-state index contributed by atoms with van der Waals surface area (Å²) >= 11 is 0. The van der Waals surface area contributed by atoms with Crippen LogP contribution in [0.2, 0.25) is 0 Å². The molecule has 7 nitrogen and oxygen atoms in total. The Bertz CT molecular complexity index is 1300. The molecule has 0 amide bonds. The van der Waals surface area contributed by atoms with Crippen molar-refractivity contribution in [1.29, 1.82) is 0 Å². The molecule has 162 valence electrons. The Morgan fingerprint density at radius 3 is 2.65 bits per heavy atom. The van der Waals surface area contributed by atoms with Gasteiger partial charge in [0, 0.05) is 36.2 Å². The van der Waals surface area contributed by atoms with Gasteiger partial charge >= 0.3 is 6.01 Å². The Labute approximate surface area is 179 Å². The van der Waals surface area contributed by atoms with Crippen LogP contribution in [0.1, 0.15) is 36.9 Å². The van der Waals surface area contributed by atoms with Crippen molar-refractivity contribution in [3.8, 4) is 23.0 Å². The molecule has 0 unspecified atom stereocenters. The van der Waals surface area contributed by atoms with Crippen LogP contribution in [0.25, 0.3) is 11.3 Å². The highest BCUT2D eigenvalue weighted by atomic mass is 32.2. The molecule has 0 atom stereocenters. The van der Waals surface area contributed by atoms with Gasteiger partial charge in [0.1, 0.15) is 0 Å². The molecule has 0 spiro atoms. The summed E-state index contributed by atoms with van der Waals surface area (Å²) in [5.41, 5.74) is 1.76. The summed E-state index contributed by atoms with van der Waals surface area (Å²) in [6, 6.07) is 9.14. The lowest BCUT2D eigenvalue weighted by atomic mass is 10.1. The van der Waals surface area contributed by atoms with Crippen molar-refractivity contribution in [2.45, 2.75) is 31.4 Å². The number of pyridine rings is 1. The summed E-state index contributed by atoms with van der Waals surface area (Å²) in [5, 5.41) is 0. The third-order valence-corrected chi connectivity index (χ3v) is 6.77. The van der Waals surface area contributed by atoms with E-state index in [0.29, 0.717) is 11.3 Å². The first kappa shape index (κ1) is 21.2. The number of sulfone groups is 1. The molecule has 2 heterocycles. The van der Waals surface area contributed by atoms with Gasteiger partial charge in [-0.2, -0.15) is 9.97 Å². The molecule has 3 aromatic rings. The second kappa shape index (κ2) is 8.22. The quantitative estimate of drug-likeness (QED) is 0.554. The van der Waals surface area contributed by atoms with Gasteiger partial charge in [-0.25, -0.2) is 12.8 Å². The molecular formula is C22H22FN3O4S. The van der Waals surface area contributed by atoms with Crippen molar-refractivity contribution < 1.29 is 17.5 Å². The lowest BCUT2D eigenvalue weighted by molar-refractivity contribution is 0.405. The van der Waals surface area contributed by atoms with E-state index in [2.05, 4.69) is 9.97 Å². The minimum atomic E-state index is -3.37. The number of ether oxygens (including phenoxy) is 1. The van der Waals surface area contributed by atoms with Gasteiger partial charge in [0.05, 0.1) is 17.1 Å². The van der Waals surface area contributed by atoms with E-state index in [1.54, 1.807) is 38.4 Å². The molecule has 0 radical (unpaired) electrons. The molecule has 1 aliphatic carbocycles. The molecule has 31 heavy (non-hydrogen) atoms. The Balaban J connectivity index is 1.80. The van der Waals surface area contributed by atoms with Gasteiger partial charge < -0.3 is 9.30 Å². The second-order valence-electron chi connectivity index (χ2n) is 7.61. The van der Waals surface area contributed by atoms with E-state index in [1.807, 2.05) is 6.07 Å². The average Bonchev–Trinajstić information content (AvgIpc) is 3.56. The maximum atomic E-state index is 14.6. The van der Waals surface area contributed by atoms with Gasteiger partial charge in [-0.05, 0) is 37.0 Å². The number of halogens is 1. The van der Waals surface area contributed by atoms with E-state index in [1.165, 1.54) is 16.7 Å². The highest BCUT2D eigenvalue weighted by Gasteiger charge is 2.29. The maximum absolute atomic E-state index is 14.6. The molecule has 0 saturated heterocycles. The predicted octanol–water partition coefficient (Wildman–Crippen LogP) is 3.59. The Kier molecular flexibility index (Phi) is 5.62. The van der Waals surface area contributed by atoms with Crippen molar-refractivity contribution in [1.82, 2.24) is 14.5 Å². The molecule has 0 aliphatic heterocycles. The number of hydrogen-bond acceptors (Lipinski definition) is 6. The number of hydrogen-bond donors (Lipinski definition) is 0. The lowest BCUT2D eigenvalue weighted by Crippen LogP contribution is -2.14. The fourth-order valence-electron chi connectivity index (χ4n) is 3.25. The maximum Gasteiger partial charge on any atom is 0.322 e. The summed E-state index contributed by atoms with van der Waals surface area (Å²) < 4.78 is 46.1. The number of para-hydroxylation sites is 1. The van der Waals surface area contributed by atoms with Gasteiger partial charge in [-0.1, -0.05) is 19.1 Å². The van der Waals surface area contributed by atoms with E-state index in [4.69, 9.17) is 4.74 Å². The smallest absolute Gasteiger partial charge is 0.322 e. The number of benzene rings is 1. The first-order valence-corrected chi connectivity index (χ1v) is 11.8. The van der Waals surface area contributed by atoms with Gasteiger partial charge in [-0.3, -0.25) is 4.79 Å². The van der Waals surface area contributed by atoms with E-state index in [-0.39, 0.29) is 40.4 Å². The van der Waals surface area contributed by atoms with Crippen molar-refractivity contribution in [3.05, 3.63) is 70.0 Å². The third-order valence-electron chi connectivity index (χ3n) is 5.16. The summed E-state index contributed by atoms with van der Waals surface area (Å²) in [6.07, 6.45) is 3.50. The minimum Gasteiger partial charge on any atom is -0.421 e. The zero-order valence-corrected chi connectivity index (χ0v) is 18.0. The second-order valence-corrected chi connectivity index (χ2v) is 9.96. The van der Waals surface area contributed by atoms with Crippen LogP contribution in [0, 0.1) is 5.82 Å². The summed E-state index contributed by atoms with van der Waals surface area (Å²) in [5.74, 6) is -0.567. The van der Waals surface area contributed by atoms with Gasteiger partial charge in [0.15, 0.2) is 21.4 Å². The van der Waals surface area contributed by atoms with Crippen molar-refractivity contribution in [2.24, 2.45) is 7.05 Å². The van der Waals surface area contributed by atoms with Crippen molar-refractivity contribution in [2.75, 3.05) is 5.75 Å². The molecule has 4 rings (SSSR count). The number of nitrogens with zero attached hydrogens (tertiary/aromatic N) is 3. The van der Waals surface area contributed by atoms with Gasteiger partial charge in [0.2, 0.25) is 5.56 Å². The molecule has 0 N–H and O–H groups in total. The standard InChI is InChI=1S/C22H22FN3O4S/c1-3-31(28,29)13-16-11-19(15-9-10-20(27)26(2)12-15)25-22(24-16)30-21-17(14-7-8-14)5-4-6-18(21)23/h4-6,9-12,14H,3,7-8,13H2,1-2H3. The Morgan fingerprint density at radius 2 is 1.97 bits per heavy atom. The third kappa shape index (κ3) is 4.82. The Hall–Kier alpha value is -3.07. The number of aromatic nitrogens is 3. The molecule has 1 saturated carbocycles. The molecule has 2 aromatic heterocycles. The van der Waals surface area contributed by atoms with Crippen LogP contribution in [0.3, 0.4) is 0 Å². The van der Waals surface area contributed by atoms with Crippen LogP contribution in [0.4, 0.5) is 4.39 Å². The van der Waals surface area contributed by atoms with Crippen LogP contribution in [-0.2, 0) is 22.6 Å². The monoisotopic (exact) mass is 443 g/mol. The van der Waals surface area contributed by atoms with Gasteiger partial charge in [0.25, 0.3) is 0 Å². The first-order chi connectivity index (χ1) is 14.8. The summed E-state index contributed by atoms with van der Waals surface area (Å²) in [6.45, 7) is 1.56. The van der Waals surface area contributed by atoms with Crippen molar-refractivity contribution >= 4 is 9.84 Å². The zero-order chi connectivity index (χ0) is 22.2. The van der Waals surface area contributed by atoms with Gasteiger partial charge in [-0.15, -0.1) is 0 Å². The fraction of sp³-hybridized carbons (Fsp3) is 0.318. The molecule has 9 heteroatoms. The largest absolute Gasteiger partial charge is 0.421 e. The van der Waals surface area contributed by atoms with Crippen LogP contribution in [0.5, 0.6) is 11.8 Å². The number of aryl methyl sites for hydroxylation is 1. The van der Waals surface area contributed by atoms with Crippen LogP contribution in [0.15, 0.2) is 47.4 Å². The molecular weight excluding hydrogens is 421 g/mol. The predicted molar refractivity (Wildman–Crippen MR) is 114 cm³/mol. The van der Waals surface area contributed by atoms with E-state index in [0.717, 1.165) is 18.4 Å². The lowest BCUT2D eigenvalue weighted by Gasteiger charge is -2.13. The van der Waals surface area contributed by atoms with E-state index in [9.17, 15) is 17.6 Å². The minimum absolute atomic E-state index is 0.0402. The van der Waals surface area contributed by atoms with Crippen LogP contribution >= 0.6 is 0 Å². The zero-order valence-electron chi connectivity index (χ0n) is 17.2. The van der Waals surface area contributed by atoms with E-state index >= 15 is 0 Å². The molecule has 0 bridgehead atoms. The summed E-state index contributed by atoms with van der Waals surface area (Å²) in [7, 11) is -1.77. The number of rotatable bonds is 7. The fourth-order valence-corrected chi connectivity index (χ4v) is 4.06. The molecule has 1 aromatic carbocycles. The average molecular weight is 444 g/mol. The topological polar surface area (TPSA) is 91.2 Å². The Morgan fingerprint density at radius 1 is 1.19 bits per heavy atom. The normalized spacial score (nSPS) is 13.9. The summed E-state index contributed by atoms with van der Waals surface area (Å²) in [4.78, 5) is 20.4. The highest BCUT2D eigenvalue weighted by molar-refractivity contribution is 7.90. The first-order valence-electron chi connectivity index (χ1n) is 9.97. The SMILES string of the molecule is CCS(=O)(=O)Cc1cc(-c2ccc(=O)n(C)c2)nc(Oc2c(F)cccc2C2CC2)n1. The molecule has 1 fully saturated rings. The highest BCUT2D eigenvalue weighted by Crippen LogP contribution is 2.45. The van der Waals surface area contributed by atoms with Crippen molar-refractivity contribution in [3.63, 3.8) is 0 Å². The van der Waals surface area contributed by atoms with Crippen LogP contribution < -0.4 is 10.3 Å². The molecule has 1 aliphatic rings. The van der Waals surface area contributed by atoms with Crippen LogP contribution in [-0.4, -0.2) is 28.7 Å².